The molecule has 0 amide bonds. The Labute approximate surface area is 81.3 Å². The second kappa shape index (κ2) is 7.84. The average molecular weight is 183 g/mol. The molecule has 0 aliphatic heterocycles. The molecule has 0 bridgehead atoms. The van der Waals surface area contributed by atoms with E-state index in [9.17, 15) is 0 Å². The van der Waals surface area contributed by atoms with E-state index in [0.717, 1.165) is 31.4 Å². The lowest BCUT2D eigenvalue weighted by molar-refractivity contribution is 0.312. The fourth-order valence-corrected chi connectivity index (χ4v) is 1.43. The predicted octanol–water partition coefficient (Wildman–Crippen LogP) is 3.61. The molecule has 0 spiro atoms. The first-order valence-corrected chi connectivity index (χ1v) is 5.12. The molecule has 0 saturated carbocycles. The molecular weight excluding hydrogens is 162 g/mol. The highest BCUT2D eigenvalue weighted by atomic mass is 16.4. The number of nitrogens with zero attached hydrogens (tertiary/aromatic N) is 1. The monoisotopic (exact) mass is 183 g/mol. The molecule has 76 valence electrons. The summed E-state index contributed by atoms with van der Waals surface area (Å²) in [5, 5.41) is 12.2. The summed E-state index contributed by atoms with van der Waals surface area (Å²) >= 11 is 0. The van der Waals surface area contributed by atoms with Gasteiger partial charge < -0.3 is 5.21 Å². The SMILES string of the molecule is C/C=C/CC(CC)/C(CCC)=N/O. The van der Waals surface area contributed by atoms with Gasteiger partial charge in [-0.15, -0.1) is 0 Å². The van der Waals surface area contributed by atoms with Gasteiger partial charge in [0.05, 0.1) is 5.71 Å². The van der Waals surface area contributed by atoms with E-state index in [0.29, 0.717) is 5.92 Å². The van der Waals surface area contributed by atoms with E-state index in [4.69, 9.17) is 5.21 Å². The molecule has 2 heteroatoms. The van der Waals surface area contributed by atoms with E-state index in [2.05, 4.69) is 25.1 Å². The smallest absolute Gasteiger partial charge is 0.0604 e. The van der Waals surface area contributed by atoms with Crippen LogP contribution >= 0.6 is 0 Å². The van der Waals surface area contributed by atoms with Crippen LogP contribution in [0.2, 0.25) is 0 Å². The van der Waals surface area contributed by atoms with Crippen LogP contribution in [0.15, 0.2) is 17.3 Å². The normalized spacial score (nSPS) is 15.2. The van der Waals surface area contributed by atoms with Crippen LogP contribution < -0.4 is 0 Å². The van der Waals surface area contributed by atoms with Crippen LogP contribution in [-0.4, -0.2) is 10.9 Å². The highest BCUT2D eigenvalue weighted by Gasteiger charge is 2.11. The molecular formula is C11H21NO. The van der Waals surface area contributed by atoms with Gasteiger partial charge in [-0.1, -0.05) is 37.6 Å². The van der Waals surface area contributed by atoms with Crippen LogP contribution in [0.25, 0.3) is 0 Å². The molecule has 2 nitrogen and oxygen atoms in total. The molecule has 0 heterocycles. The summed E-state index contributed by atoms with van der Waals surface area (Å²) in [6.07, 6.45) is 8.17. The molecule has 1 unspecified atom stereocenters. The third-order valence-electron chi connectivity index (χ3n) is 2.25. The summed E-state index contributed by atoms with van der Waals surface area (Å²) < 4.78 is 0. The number of oxime groups is 1. The van der Waals surface area contributed by atoms with Gasteiger partial charge in [-0.3, -0.25) is 0 Å². The van der Waals surface area contributed by atoms with Gasteiger partial charge in [0.1, 0.15) is 0 Å². The number of rotatable bonds is 6. The zero-order chi connectivity index (χ0) is 10.1. The molecule has 0 rings (SSSR count). The Kier molecular flexibility index (Phi) is 7.36. The minimum Gasteiger partial charge on any atom is -0.411 e. The first kappa shape index (κ1) is 12.2. The van der Waals surface area contributed by atoms with Gasteiger partial charge in [-0.25, -0.2) is 0 Å². The van der Waals surface area contributed by atoms with Crippen molar-refractivity contribution in [3.05, 3.63) is 12.2 Å². The predicted molar refractivity (Wildman–Crippen MR) is 57.3 cm³/mol. The van der Waals surface area contributed by atoms with Crippen molar-refractivity contribution in [2.45, 2.75) is 46.5 Å². The molecule has 0 aromatic rings. The van der Waals surface area contributed by atoms with Crippen molar-refractivity contribution >= 4 is 5.71 Å². The number of hydrogen-bond donors (Lipinski definition) is 1. The van der Waals surface area contributed by atoms with E-state index in [1.807, 2.05) is 13.0 Å². The third kappa shape index (κ3) is 4.71. The van der Waals surface area contributed by atoms with Crippen LogP contribution in [-0.2, 0) is 0 Å². The molecule has 13 heavy (non-hydrogen) atoms. The molecule has 1 atom stereocenters. The molecule has 0 aromatic carbocycles. The minimum absolute atomic E-state index is 0.418. The Morgan fingerprint density at radius 2 is 2.15 bits per heavy atom. The summed E-state index contributed by atoms with van der Waals surface area (Å²) in [5.41, 5.74) is 0.947. The maximum Gasteiger partial charge on any atom is 0.0604 e. The summed E-state index contributed by atoms with van der Waals surface area (Å²) in [6.45, 7) is 6.25. The van der Waals surface area contributed by atoms with Gasteiger partial charge in [-0.2, -0.15) is 0 Å². The first-order valence-electron chi connectivity index (χ1n) is 5.12. The van der Waals surface area contributed by atoms with E-state index >= 15 is 0 Å². The fraction of sp³-hybridized carbons (Fsp3) is 0.727. The Morgan fingerprint density at radius 1 is 1.46 bits per heavy atom. The summed E-state index contributed by atoms with van der Waals surface area (Å²) in [5.74, 6) is 0.418. The van der Waals surface area contributed by atoms with Crippen molar-refractivity contribution in [3.8, 4) is 0 Å². The average Bonchev–Trinajstić information content (AvgIpc) is 2.17. The van der Waals surface area contributed by atoms with E-state index < -0.39 is 0 Å². The van der Waals surface area contributed by atoms with E-state index in [1.165, 1.54) is 0 Å². The van der Waals surface area contributed by atoms with Gasteiger partial charge in [0.2, 0.25) is 0 Å². The summed E-state index contributed by atoms with van der Waals surface area (Å²) in [4.78, 5) is 0. The molecule has 0 saturated heterocycles. The van der Waals surface area contributed by atoms with Crippen molar-refractivity contribution in [1.29, 1.82) is 0 Å². The minimum atomic E-state index is 0.418. The maximum atomic E-state index is 8.82. The van der Waals surface area contributed by atoms with Crippen molar-refractivity contribution in [2.75, 3.05) is 0 Å². The molecule has 0 fully saturated rings. The molecule has 0 aromatic heterocycles. The molecule has 0 radical (unpaired) electrons. The van der Waals surface area contributed by atoms with Gasteiger partial charge in [0, 0.05) is 5.92 Å². The van der Waals surface area contributed by atoms with Gasteiger partial charge in [0.15, 0.2) is 0 Å². The second-order valence-corrected chi connectivity index (χ2v) is 3.25. The van der Waals surface area contributed by atoms with Gasteiger partial charge in [-0.05, 0) is 26.2 Å². The highest BCUT2D eigenvalue weighted by molar-refractivity contribution is 5.86. The zero-order valence-corrected chi connectivity index (χ0v) is 8.95. The van der Waals surface area contributed by atoms with Crippen LogP contribution in [0.3, 0.4) is 0 Å². The molecule has 0 aliphatic carbocycles. The second-order valence-electron chi connectivity index (χ2n) is 3.25. The Balaban J connectivity index is 4.17. The zero-order valence-electron chi connectivity index (χ0n) is 8.95. The molecule has 1 N–H and O–H groups in total. The standard InChI is InChI=1S/C11H21NO/c1-4-7-9-10(6-3)11(12-13)8-5-2/h4,7,10,13H,5-6,8-9H2,1-3H3/b7-4+,12-11+. The Hall–Kier alpha value is -0.790. The quantitative estimate of drug-likeness (QED) is 0.290. The lowest BCUT2D eigenvalue weighted by atomic mass is 9.93. The highest BCUT2D eigenvalue weighted by Crippen LogP contribution is 2.15. The van der Waals surface area contributed by atoms with Crippen LogP contribution in [0.5, 0.6) is 0 Å². The maximum absolute atomic E-state index is 8.82. The van der Waals surface area contributed by atoms with Gasteiger partial charge >= 0.3 is 0 Å². The van der Waals surface area contributed by atoms with Crippen molar-refractivity contribution < 1.29 is 5.21 Å². The summed E-state index contributed by atoms with van der Waals surface area (Å²) in [6, 6.07) is 0. The van der Waals surface area contributed by atoms with Crippen LogP contribution in [0, 0.1) is 5.92 Å². The lowest BCUT2D eigenvalue weighted by Gasteiger charge is -2.13. The molecule has 0 aliphatic rings. The van der Waals surface area contributed by atoms with E-state index in [1.54, 1.807) is 0 Å². The largest absolute Gasteiger partial charge is 0.411 e. The van der Waals surface area contributed by atoms with Crippen molar-refractivity contribution in [1.82, 2.24) is 0 Å². The summed E-state index contributed by atoms with van der Waals surface area (Å²) in [7, 11) is 0. The van der Waals surface area contributed by atoms with Crippen LogP contribution in [0.4, 0.5) is 0 Å². The van der Waals surface area contributed by atoms with Gasteiger partial charge in [0.25, 0.3) is 0 Å². The Bertz CT molecular complexity index is 173. The van der Waals surface area contributed by atoms with E-state index in [-0.39, 0.29) is 0 Å². The van der Waals surface area contributed by atoms with Crippen LogP contribution in [0.1, 0.15) is 46.5 Å². The topological polar surface area (TPSA) is 32.6 Å². The first-order chi connectivity index (χ1) is 6.29. The van der Waals surface area contributed by atoms with Crippen molar-refractivity contribution in [3.63, 3.8) is 0 Å². The number of hydrogen-bond acceptors (Lipinski definition) is 2. The Morgan fingerprint density at radius 3 is 2.54 bits per heavy atom. The number of allylic oxidation sites excluding steroid dienone is 2. The third-order valence-corrected chi connectivity index (χ3v) is 2.25. The fourth-order valence-electron chi connectivity index (χ4n) is 1.43. The lowest BCUT2D eigenvalue weighted by Crippen LogP contribution is -2.13. The van der Waals surface area contributed by atoms with Crippen molar-refractivity contribution in [2.24, 2.45) is 11.1 Å².